The van der Waals surface area contributed by atoms with Crippen molar-refractivity contribution in [3.05, 3.63) is 0 Å². The lowest BCUT2D eigenvalue weighted by atomic mass is 10.1. The van der Waals surface area contributed by atoms with Crippen molar-refractivity contribution < 1.29 is 18.3 Å². The smallest absolute Gasteiger partial charge is 0.154 e. The Morgan fingerprint density at radius 3 is 2.56 bits per heavy atom. The molecule has 5 nitrogen and oxygen atoms in total. The van der Waals surface area contributed by atoms with Crippen LogP contribution in [-0.2, 0) is 14.6 Å². The van der Waals surface area contributed by atoms with Crippen LogP contribution in [0.1, 0.15) is 19.3 Å². The highest BCUT2D eigenvalue weighted by Crippen LogP contribution is 2.23. The normalized spacial score (nSPS) is 42.6. The van der Waals surface area contributed by atoms with E-state index in [9.17, 15) is 13.5 Å². The van der Waals surface area contributed by atoms with Gasteiger partial charge in [0.2, 0.25) is 0 Å². The summed E-state index contributed by atoms with van der Waals surface area (Å²) in [5.74, 6) is -0.0482. The Kier molecular flexibility index (Phi) is 3.53. The van der Waals surface area contributed by atoms with Crippen LogP contribution >= 0.6 is 0 Å². The Hall–Kier alpha value is -0.170. The van der Waals surface area contributed by atoms with Crippen molar-refractivity contribution in [1.82, 2.24) is 5.32 Å². The first-order valence-electron chi connectivity index (χ1n) is 5.67. The van der Waals surface area contributed by atoms with Gasteiger partial charge in [-0.15, -0.1) is 0 Å². The third-order valence-corrected chi connectivity index (χ3v) is 5.21. The van der Waals surface area contributed by atoms with Gasteiger partial charge >= 0.3 is 0 Å². The molecule has 0 amide bonds. The Bertz CT molecular complexity index is 343. The predicted molar refractivity (Wildman–Crippen MR) is 60.0 cm³/mol. The fraction of sp³-hybridized carbons (Fsp3) is 1.00. The first-order valence-corrected chi connectivity index (χ1v) is 7.49. The standard InChI is InChI=1S/C10H19NO4S/c1-15-8-3-2-7(4-8)11-9-5-16(13,14)6-10(9)12/h7-12H,2-6H2,1H3. The average molecular weight is 249 g/mol. The molecule has 0 bridgehead atoms. The maximum absolute atomic E-state index is 11.3. The number of sulfone groups is 1. The summed E-state index contributed by atoms with van der Waals surface area (Å²) in [6, 6.07) is -0.0245. The van der Waals surface area contributed by atoms with Crippen LogP contribution in [0.15, 0.2) is 0 Å². The highest BCUT2D eigenvalue weighted by Gasteiger charge is 2.38. The van der Waals surface area contributed by atoms with Gasteiger partial charge in [0.15, 0.2) is 9.84 Å². The van der Waals surface area contributed by atoms with Gasteiger partial charge in [-0.1, -0.05) is 0 Å². The van der Waals surface area contributed by atoms with E-state index in [1.807, 2.05) is 0 Å². The first-order chi connectivity index (χ1) is 7.50. The van der Waals surface area contributed by atoms with Gasteiger partial charge in [0.1, 0.15) is 0 Å². The molecule has 6 heteroatoms. The number of aliphatic hydroxyl groups excluding tert-OH is 1. The van der Waals surface area contributed by atoms with Crippen LogP contribution in [0.4, 0.5) is 0 Å². The molecule has 94 valence electrons. The first kappa shape index (κ1) is 12.3. The van der Waals surface area contributed by atoms with Crippen molar-refractivity contribution in [2.75, 3.05) is 18.6 Å². The van der Waals surface area contributed by atoms with Gasteiger partial charge in [0.05, 0.1) is 23.7 Å². The van der Waals surface area contributed by atoms with Gasteiger partial charge in [-0.3, -0.25) is 0 Å². The van der Waals surface area contributed by atoms with E-state index in [0.29, 0.717) is 0 Å². The zero-order chi connectivity index (χ0) is 11.8. The number of hydrogen-bond donors (Lipinski definition) is 2. The van der Waals surface area contributed by atoms with E-state index in [1.165, 1.54) is 0 Å². The van der Waals surface area contributed by atoms with Crippen molar-refractivity contribution in [2.45, 2.75) is 43.6 Å². The van der Waals surface area contributed by atoms with E-state index < -0.39 is 15.9 Å². The maximum atomic E-state index is 11.3. The molecule has 2 N–H and O–H groups in total. The average Bonchev–Trinajstić information content (AvgIpc) is 2.72. The van der Waals surface area contributed by atoms with Crippen LogP contribution in [0.2, 0.25) is 0 Å². The van der Waals surface area contributed by atoms with Crippen molar-refractivity contribution in [1.29, 1.82) is 0 Å². The summed E-state index contributed by atoms with van der Waals surface area (Å²) in [5.41, 5.74) is 0. The molecule has 1 aliphatic heterocycles. The Morgan fingerprint density at radius 1 is 1.31 bits per heavy atom. The van der Waals surface area contributed by atoms with Gasteiger partial charge in [0, 0.05) is 19.2 Å². The van der Waals surface area contributed by atoms with Gasteiger partial charge in [-0.2, -0.15) is 0 Å². The molecule has 0 aromatic carbocycles. The largest absolute Gasteiger partial charge is 0.390 e. The summed E-state index contributed by atoms with van der Waals surface area (Å²) >= 11 is 0. The predicted octanol–water partition coefficient (Wildman–Crippen LogP) is -0.699. The fourth-order valence-corrected chi connectivity index (χ4v) is 4.35. The Labute approximate surface area is 96.1 Å². The van der Waals surface area contributed by atoms with Crippen LogP contribution in [-0.4, -0.2) is 56.4 Å². The molecular formula is C10H19NO4S. The molecule has 0 aromatic rings. The number of hydrogen-bond acceptors (Lipinski definition) is 5. The number of rotatable bonds is 3. The minimum atomic E-state index is -3.05. The van der Waals surface area contributed by atoms with Crippen molar-refractivity contribution >= 4 is 9.84 Å². The topological polar surface area (TPSA) is 75.6 Å². The van der Waals surface area contributed by atoms with Crippen molar-refractivity contribution in [3.63, 3.8) is 0 Å². The molecule has 4 unspecified atom stereocenters. The summed E-state index contributed by atoms with van der Waals surface area (Å²) < 4.78 is 27.9. The van der Waals surface area contributed by atoms with E-state index in [2.05, 4.69) is 5.32 Å². The summed E-state index contributed by atoms with van der Waals surface area (Å²) in [6.07, 6.45) is 2.41. The van der Waals surface area contributed by atoms with E-state index in [0.717, 1.165) is 19.3 Å². The fourth-order valence-electron chi connectivity index (χ4n) is 2.60. The summed E-state index contributed by atoms with van der Waals surface area (Å²) in [5, 5.41) is 12.9. The van der Waals surface area contributed by atoms with Crippen LogP contribution in [0, 0.1) is 0 Å². The minimum Gasteiger partial charge on any atom is -0.390 e. The van der Waals surface area contributed by atoms with Crippen LogP contribution < -0.4 is 5.32 Å². The quantitative estimate of drug-likeness (QED) is 0.692. The number of nitrogens with one attached hydrogen (secondary N) is 1. The van der Waals surface area contributed by atoms with Crippen LogP contribution in [0.3, 0.4) is 0 Å². The molecule has 16 heavy (non-hydrogen) atoms. The zero-order valence-electron chi connectivity index (χ0n) is 9.43. The number of ether oxygens (including phenoxy) is 1. The Balaban J connectivity index is 1.87. The van der Waals surface area contributed by atoms with Crippen LogP contribution in [0.25, 0.3) is 0 Å². The lowest BCUT2D eigenvalue weighted by Gasteiger charge is -2.20. The third-order valence-electron chi connectivity index (χ3n) is 3.49. The molecule has 4 atom stereocenters. The zero-order valence-corrected chi connectivity index (χ0v) is 10.2. The van der Waals surface area contributed by atoms with Crippen LogP contribution in [0.5, 0.6) is 0 Å². The number of aliphatic hydroxyl groups is 1. The third kappa shape index (κ3) is 2.74. The summed E-state index contributed by atoms with van der Waals surface area (Å²) in [7, 11) is -1.35. The van der Waals surface area contributed by atoms with E-state index >= 15 is 0 Å². The minimum absolute atomic E-state index is 0.0579. The van der Waals surface area contributed by atoms with E-state index in [4.69, 9.17) is 4.74 Å². The molecule has 2 rings (SSSR count). The molecule has 0 aromatic heterocycles. The summed E-state index contributed by atoms with van der Waals surface area (Å²) in [4.78, 5) is 0. The molecule has 1 saturated heterocycles. The molecule has 2 aliphatic rings. The Morgan fingerprint density at radius 2 is 2.06 bits per heavy atom. The molecule has 1 heterocycles. The second-order valence-electron chi connectivity index (χ2n) is 4.79. The van der Waals surface area contributed by atoms with Crippen molar-refractivity contribution in [2.24, 2.45) is 0 Å². The highest BCUT2D eigenvalue weighted by molar-refractivity contribution is 7.91. The van der Waals surface area contributed by atoms with Gasteiger partial charge in [-0.05, 0) is 19.3 Å². The van der Waals surface area contributed by atoms with Crippen molar-refractivity contribution in [3.8, 4) is 0 Å². The summed E-state index contributed by atoms with van der Waals surface area (Å²) in [6.45, 7) is 0. The second-order valence-corrected chi connectivity index (χ2v) is 6.94. The molecule has 1 saturated carbocycles. The van der Waals surface area contributed by atoms with E-state index in [1.54, 1.807) is 7.11 Å². The molecule has 2 fully saturated rings. The maximum Gasteiger partial charge on any atom is 0.154 e. The highest BCUT2D eigenvalue weighted by atomic mass is 32.2. The van der Waals surface area contributed by atoms with Gasteiger partial charge in [0.25, 0.3) is 0 Å². The number of methoxy groups -OCH3 is 1. The van der Waals surface area contributed by atoms with E-state index in [-0.39, 0.29) is 29.7 Å². The molecule has 0 spiro atoms. The molecule has 1 aliphatic carbocycles. The monoisotopic (exact) mass is 249 g/mol. The lowest BCUT2D eigenvalue weighted by Crippen LogP contribution is -2.44. The van der Waals surface area contributed by atoms with Gasteiger partial charge < -0.3 is 15.2 Å². The lowest BCUT2D eigenvalue weighted by molar-refractivity contribution is 0.104. The SMILES string of the molecule is COC1CCC(NC2CS(=O)(=O)CC2O)C1. The second kappa shape index (κ2) is 4.60. The molecule has 0 radical (unpaired) electrons. The van der Waals surface area contributed by atoms with Gasteiger partial charge in [-0.25, -0.2) is 8.42 Å². The molecular weight excluding hydrogens is 230 g/mol.